The quantitative estimate of drug-likeness (QED) is 0.166. The second kappa shape index (κ2) is 10.1. The molecule has 1 spiro atoms. The molecule has 0 heteroatoms. The molecule has 9 aromatic carbocycles. The van der Waals surface area contributed by atoms with Crippen LogP contribution in [0.1, 0.15) is 44.5 Å². The van der Waals surface area contributed by atoms with Crippen molar-refractivity contribution >= 4 is 21.5 Å². The van der Waals surface area contributed by atoms with E-state index in [0.717, 1.165) is 0 Å². The Morgan fingerprint density at radius 1 is 0.250 bits per heavy atom. The minimum atomic E-state index is -0.447. The van der Waals surface area contributed by atoms with E-state index >= 15 is 0 Å². The van der Waals surface area contributed by atoms with Gasteiger partial charge in [-0.05, 0) is 118 Å². The second-order valence-electron chi connectivity index (χ2n) is 14.7. The Balaban J connectivity index is 1.17. The molecule has 3 aliphatic carbocycles. The number of hydrogen-bond donors (Lipinski definition) is 0. The lowest BCUT2D eigenvalue weighted by Gasteiger charge is -2.34. The molecule has 0 bridgehead atoms. The van der Waals surface area contributed by atoms with E-state index in [2.05, 4.69) is 194 Å². The lowest BCUT2D eigenvalue weighted by molar-refractivity contribution is 0.771. The fraction of sp³-hybridized carbons (Fsp3) is 0.0385. The van der Waals surface area contributed by atoms with E-state index in [9.17, 15) is 0 Å². The molecule has 0 nitrogen and oxygen atoms in total. The summed E-state index contributed by atoms with van der Waals surface area (Å²) in [7, 11) is 0. The van der Waals surface area contributed by atoms with E-state index < -0.39 is 5.41 Å². The van der Waals surface area contributed by atoms with Gasteiger partial charge >= 0.3 is 0 Å². The number of hydrogen-bond acceptors (Lipinski definition) is 0. The molecule has 0 radical (unpaired) electrons. The zero-order chi connectivity index (χ0) is 34.0. The molecular weight excluding hydrogens is 625 g/mol. The van der Waals surface area contributed by atoms with E-state index in [1.54, 1.807) is 0 Å². The van der Waals surface area contributed by atoms with Crippen molar-refractivity contribution in [2.45, 2.75) is 10.8 Å². The summed E-state index contributed by atoms with van der Waals surface area (Å²) in [5.74, 6) is 0. The SMILES string of the molecule is c1ccc(C2(c3ccccc3)c3cccc4ccc5cc(-c6ccc7c(c6)C6(c8ccccc8-c8ccccc86)c6ccccc6-7)cc2c5c34)cc1. The maximum Gasteiger partial charge on any atom is 0.0725 e. The van der Waals surface area contributed by atoms with Gasteiger partial charge in [0, 0.05) is 0 Å². The highest BCUT2D eigenvalue weighted by molar-refractivity contribution is 6.17. The summed E-state index contributed by atoms with van der Waals surface area (Å²) in [6.45, 7) is 0. The highest BCUT2D eigenvalue weighted by Gasteiger charge is 2.51. The standard InChI is InChI=1S/C52H32/c1-3-15-37(16-4-1)51(38-17-5-2-6-18-38)46-25-13-14-33-26-27-35-30-36(32-48(51)50(35)49(33)46)34-28-29-42-41-21-9-12-24-45(41)52(47(42)31-34)43-22-10-7-19-39(43)40-20-8-11-23-44(40)52/h1-32H. The van der Waals surface area contributed by atoms with Crippen LogP contribution in [0.2, 0.25) is 0 Å². The summed E-state index contributed by atoms with van der Waals surface area (Å²) < 4.78 is 0. The maximum atomic E-state index is 2.52. The van der Waals surface area contributed by atoms with Crippen LogP contribution in [0.5, 0.6) is 0 Å². The smallest absolute Gasteiger partial charge is 0.0622 e. The first-order valence-electron chi connectivity index (χ1n) is 18.4. The number of fused-ring (bicyclic) bond motifs is 10. The van der Waals surface area contributed by atoms with E-state index in [1.165, 1.54) is 99.4 Å². The topological polar surface area (TPSA) is 0 Å². The van der Waals surface area contributed by atoms with Crippen molar-refractivity contribution in [3.63, 3.8) is 0 Å². The summed E-state index contributed by atoms with van der Waals surface area (Å²) in [4.78, 5) is 0. The zero-order valence-electron chi connectivity index (χ0n) is 28.5. The monoisotopic (exact) mass is 656 g/mol. The molecule has 9 aromatic rings. The molecular formula is C52H32. The Kier molecular flexibility index (Phi) is 5.46. The molecule has 3 aliphatic rings. The molecule has 0 amide bonds. The molecule has 0 unspecified atom stereocenters. The van der Waals surface area contributed by atoms with E-state index in [-0.39, 0.29) is 5.41 Å². The van der Waals surface area contributed by atoms with Crippen molar-refractivity contribution < 1.29 is 0 Å². The van der Waals surface area contributed by atoms with Crippen LogP contribution in [0, 0.1) is 0 Å². The first-order chi connectivity index (χ1) is 25.8. The maximum absolute atomic E-state index is 2.52. The molecule has 240 valence electrons. The largest absolute Gasteiger partial charge is 0.0725 e. The first-order valence-corrected chi connectivity index (χ1v) is 18.4. The molecule has 0 atom stereocenters. The van der Waals surface area contributed by atoms with Gasteiger partial charge in [0.15, 0.2) is 0 Å². The van der Waals surface area contributed by atoms with Crippen molar-refractivity contribution in [1.82, 2.24) is 0 Å². The summed E-state index contributed by atoms with van der Waals surface area (Å²) in [6.07, 6.45) is 0. The Hall–Kier alpha value is -6.50. The number of rotatable bonds is 3. The lowest BCUT2D eigenvalue weighted by atomic mass is 9.67. The number of benzene rings is 9. The highest BCUT2D eigenvalue weighted by atomic mass is 14.5. The van der Waals surface area contributed by atoms with Crippen LogP contribution in [-0.4, -0.2) is 0 Å². The molecule has 0 aliphatic heterocycles. The van der Waals surface area contributed by atoms with Crippen molar-refractivity contribution in [3.05, 3.63) is 239 Å². The predicted molar refractivity (Wildman–Crippen MR) is 215 cm³/mol. The summed E-state index contributed by atoms with van der Waals surface area (Å²) in [5.41, 5.74) is 17.8. The van der Waals surface area contributed by atoms with Crippen LogP contribution in [0.25, 0.3) is 54.9 Å². The molecule has 0 N–H and O–H groups in total. The second-order valence-corrected chi connectivity index (χ2v) is 14.7. The average molecular weight is 657 g/mol. The third-order valence-electron chi connectivity index (χ3n) is 12.5. The molecule has 0 heterocycles. The minimum absolute atomic E-state index is 0.372. The first kappa shape index (κ1) is 28.2. The van der Waals surface area contributed by atoms with E-state index in [0.29, 0.717) is 0 Å². The Morgan fingerprint density at radius 2 is 0.731 bits per heavy atom. The van der Waals surface area contributed by atoms with Gasteiger partial charge in [0.1, 0.15) is 0 Å². The lowest BCUT2D eigenvalue weighted by Crippen LogP contribution is -2.28. The van der Waals surface area contributed by atoms with Gasteiger partial charge in [-0.3, -0.25) is 0 Å². The van der Waals surface area contributed by atoms with Crippen LogP contribution in [0.15, 0.2) is 194 Å². The van der Waals surface area contributed by atoms with Crippen molar-refractivity contribution in [2.24, 2.45) is 0 Å². The molecule has 0 aromatic heterocycles. The summed E-state index contributed by atoms with van der Waals surface area (Å²) >= 11 is 0. The summed E-state index contributed by atoms with van der Waals surface area (Å²) in [6, 6.07) is 73.3. The fourth-order valence-corrected chi connectivity index (χ4v) is 10.6. The normalized spacial score (nSPS) is 14.8. The van der Waals surface area contributed by atoms with E-state index in [4.69, 9.17) is 0 Å². The van der Waals surface area contributed by atoms with Crippen LogP contribution in [-0.2, 0) is 10.8 Å². The third kappa shape index (κ3) is 3.29. The van der Waals surface area contributed by atoms with Crippen molar-refractivity contribution in [2.75, 3.05) is 0 Å². The van der Waals surface area contributed by atoms with Crippen molar-refractivity contribution in [3.8, 4) is 33.4 Å². The zero-order valence-corrected chi connectivity index (χ0v) is 28.5. The van der Waals surface area contributed by atoms with Crippen LogP contribution in [0.3, 0.4) is 0 Å². The van der Waals surface area contributed by atoms with Crippen LogP contribution >= 0.6 is 0 Å². The average Bonchev–Trinajstić information content (AvgIpc) is 3.81. The van der Waals surface area contributed by atoms with Gasteiger partial charge in [-0.2, -0.15) is 0 Å². The van der Waals surface area contributed by atoms with Crippen molar-refractivity contribution in [1.29, 1.82) is 0 Å². The van der Waals surface area contributed by atoms with Gasteiger partial charge in [0.05, 0.1) is 10.8 Å². The highest BCUT2D eigenvalue weighted by Crippen LogP contribution is 2.63. The molecule has 0 saturated heterocycles. The molecule has 0 fully saturated rings. The van der Waals surface area contributed by atoms with Gasteiger partial charge in [-0.1, -0.05) is 176 Å². The Morgan fingerprint density at radius 3 is 1.35 bits per heavy atom. The Bertz CT molecular complexity index is 2850. The van der Waals surface area contributed by atoms with E-state index in [1.807, 2.05) is 0 Å². The molecule has 12 rings (SSSR count). The van der Waals surface area contributed by atoms with Gasteiger partial charge in [-0.15, -0.1) is 0 Å². The molecule has 52 heavy (non-hydrogen) atoms. The van der Waals surface area contributed by atoms with Crippen LogP contribution < -0.4 is 0 Å². The predicted octanol–water partition coefficient (Wildman–Crippen LogP) is 12.7. The van der Waals surface area contributed by atoms with Gasteiger partial charge in [0.2, 0.25) is 0 Å². The Labute approximate surface area is 303 Å². The van der Waals surface area contributed by atoms with Gasteiger partial charge < -0.3 is 0 Å². The molecule has 0 saturated carbocycles. The third-order valence-corrected chi connectivity index (χ3v) is 12.5. The van der Waals surface area contributed by atoms with Gasteiger partial charge in [-0.25, -0.2) is 0 Å². The summed E-state index contributed by atoms with van der Waals surface area (Å²) in [5, 5.41) is 5.32. The minimum Gasteiger partial charge on any atom is -0.0622 e. The van der Waals surface area contributed by atoms with Gasteiger partial charge in [0.25, 0.3) is 0 Å². The van der Waals surface area contributed by atoms with Crippen LogP contribution in [0.4, 0.5) is 0 Å². The fourth-order valence-electron chi connectivity index (χ4n) is 10.6.